The van der Waals surface area contributed by atoms with Gasteiger partial charge < -0.3 is 10.3 Å². The van der Waals surface area contributed by atoms with Gasteiger partial charge in [-0.1, -0.05) is 31.9 Å². The number of hydrogen-bond acceptors (Lipinski definition) is 2. The van der Waals surface area contributed by atoms with Gasteiger partial charge in [0.05, 0.1) is 11.0 Å². The number of nitrogens with two attached hydrogens (primary N) is 1. The molecule has 1 fully saturated rings. The van der Waals surface area contributed by atoms with Crippen LogP contribution in [0.1, 0.15) is 57.1 Å². The van der Waals surface area contributed by atoms with Gasteiger partial charge in [-0.05, 0) is 50.2 Å². The van der Waals surface area contributed by atoms with E-state index in [0.29, 0.717) is 12.0 Å². The van der Waals surface area contributed by atoms with Gasteiger partial charge in [0, 0.05) is 6.04 Å². The minimum absolute atomic E-state index is 0.536. The van der Waals surface area contributed by atoms with E-state index in [9.17, 15) is 0 Å². The molecule has 0 atom stereocenters. The second-order valence-electron chi connectivity index (χ2n) is 6.25. The lowest BCUT2D eigenvalue weighted by Crippen LogP contribution is -2.19. The fraction of sp³-hybridized carbons (Fsp3) is 0.588. The van der Waals surface area contributed by atoms with Crippen molar-refractivity contribution in [3.8, 4) is 0 Å². The van der Waals surface area contributed by atoms with Gasteiger partial charge in [0.2, 0.25) is 5.95 Å². The Morgan fingerprint density at radius 3 is 2.70 bits per heavy atom. The van der Waals surface area contributed by atoms with Gasteiger partial charge in [0.15, 0.2) is 0 Å². The van der Waals surface area contributed by atoms with Crippen molar-refractivity contribution in [3.05, 3.63) is 23.8 Å². The van der Waals surface area contributed by atoms with E-state index < -0.39 is 0 Å². The SMILES string of the molecule is CCCC1CCC(n2c(N)nc3cccc(C)c32)CC1. The van der Waals surface area contributed by atoms with Gasteiger partial charge >= 0.3 is 0 Å². The standard InChI is InChI=1S/C17H25N3/c1-3-5-13-8-10-14(11-9-13)20-16-12(2)6-4-7-15(16)19-17(20)18/h4,6-7,13-14H,3,5,8-11H2,1-2H3,(H2,18,19). The summed E-state index contributed by atoms with van der Waals surface area (Å²) in [5, 5.41) is 0. The van der Waals surface area contributed by atoms with E-state index >= 15 is 0 Å². The van der Waals surface area contributed by atoms with Crippen LogP contribution in [0.15, 0.2) is 18.2 Å². The van der Waals surface area contributed by atoms with Crippen molar-refractivity contribution in [1.82, 2.24) is 9.55 Å². The fourth-order valence-electron chi connectivity index (χ4n) is 3.81. The van der Waals surface area contributed by atoms with Gasteiger partial charge in [0.1, 0.15) is 0 Å². The molecule has 0 spiro atoms. The van der Waals surface area contributed by atoms with Crippen molar-refractivity contribution in [2.75, 3.05) is 5.73 Å². The third-order valence-corrected chi connectivity index (χ3v) is 4.82. The number of rotatable bonds is 3. The normalized spacial score (nSPS) is 23.3. The third-order valence-electron chi connectivity index (χ3n) is 4.82. The first kappa shape index (κ1) is 13.5. The number of fused-ring (bicyclic) bond motifs is 1. The molecule has 0 bridgehead atoms. The van der Waals surface area contributed by atoms with E-state index in [0.717, 1.165) is 11.4 Å². The molecule has 1 aromatic carbocycles. The van der Waals surface area contributed by atoms with E-state index in [1.165, 1.54) is 49.6 Å². The number of benzene rings is 1. The minimum Gasteiger partial charge on any atom is -0.369 e. The Morgan fingerprint density at radius 1 is 1.25 bits per heavy atom. The molecule has 1 saturated carbocycles. The number of anilines is 1. The number of nitrogen functional groups attached to an aromatic ring is 1. The highest BCUT2D eigenvalue weighted by Crippen LogP contribution is 2.38. The zero-order chi connectivity index (χ0) is 14.1. The highest BCUT2D eigenvalue weighted by molar-refractivity contribution is 5.81. The molecule has 108 valence electrons. The number of aromatic nitrogens is 2. The summed E-state index contributed by atoms with van der Waals surface area (Å²) in [5.74, 6) is 1.61. The number of aryl methyl sites for hydroxylation is 1. The van der Waals surface area contributed by atoms with Crippen LogP contribution in [0.5, 0.6) is 0 Å². The molecule has 1 heterocycles. The zero-order valence-electron chi connectivity index (χ0n) is 12.6. The minimum atomic E-state index is 0.536. The third kappa shape index (κ3) is 2.30. The van der Waals surface area contributed by atoms with Gasteiger partial charge in [0.25, 0.3) is 0 Å². The Hall–Kier alpha value is -1.51. The molecule has 3 nitrogen and oxygen atoms in total. The molecule has 3 heteroatoms. The molecule has 1 aliphatic carbocycles. The topological polar surface area (TPSA) is 43.8 Å². The fourth-order valence-corrected chi connectivity index (χ4v) is 3.81. The van der Waals surface area contributed by atoms with Crippen LogP contribution < -0.4 is 5.73 Å². The molecule has 1 aromatic heterocycles. The maximum Gasteiger partial charge on any atom is 0.201 e. The first-order chi connectivity index (χ1) is 9.70. The summed E-state index contributed by atoms with van der Waals surface area (Å²) >= 11 is 0. The van der Waals surface area contributed by atoms with Crippen LogP contribution >= 0.6 is 0 Å². The molecule has 0 aliphatic heterocycles. The van der Waals surface area contributed by atoms with Crippen LogP contribution in [0.25, 0.3) is 11.0 Å². The summed E-state index contributed by atoms with van der Waals surface area (Å²) in [6.07, 6.45) is 7.85. The van der Waals surface area contributed by atoms with Crippen LogP contribution in [0.4, 0.5) is 5.95 Å². The molecule has 0 unspecified atom stereocenters. The number of hydrogen-bond donors (Lipinski definition) is 1. The Balaban J connectivity index is 1.90. The number of para-hydroxylation sites is 1. The molecule has 2 N–H and O–H groups in total. The Kier molecular flexibility index (Phi) is 3.68. The maximum absolute atomic E-state index is 6.20. The van der Waals surface area contributed by atoms with Crippen molar-refractivity contribution >= 4 is 17.0 Å². The Labute approximate surface area is 121 Å². The smallest absolute Gasteiger partial charge is 0.201 e. The molecular formula is C17H25N3. The monoisotopic (exact) mass is 271 g/mol. The van der Waals surface area contributed by atoms with Gasteiger partial charge in [-0.15, -0.1) is 0 Å². The predicted molar refractivity (Wildman–Crippen MR) is 84.8 cm³/mol. The summed E-state index contributed by atoms with van der Waals surface area (Å²) in [6, 6.07) is 6.82. The average Bonchev–Trinajstić information content (AvgIpc) is 2.78. The van der Waals surface area contributed by atoms with Gasteiger partial charge in [-0.2, -0.15) is 0 Å². The van der Waals surface area contributed by atoms with Crippen molar-refractivity contribution in [2.45, 2.75) is 58.4 Å². The lowest BCUT2D eigenvalue weighted by molar-refractivity contribution is 0.267. The largest absolute Gasteiger partial charge is 0.369 e. The molecular weight excluding hydrogens is 246 g/mol. The van der Waals surface area contributed by atoms with Crippen molar-refractivity contribution < 1.29 is 0 Å². The van der Waals surface area contributed by atoms with E-state index in [4.69, 9.17) is 5.73 Å². The van der Waals surface area contributed by atoms with Crippen LogP contribution in [-0.2, 0) is 0 Å². The van der Waals surface area contributed by atoms with Crippen molar-refractivity contribution in [1.29, 1.82) is 0 Å². The van der Waals surface area contributed by atoms with Crippen molar-refractivity contribution in [2.24, 2.45) is 5.92 Å². The first-order valence-electron chi connectivity index (χ1n) is 7.93. The zero-order valence-corrected chi connectivity index (χ0v) is 12.6. The number of nitrogens with zero attached hydrogens (tertiary/aromatic N) is 2. The summed E-state index contributed by atoms with van der Waals surface area (Å²) < 4.78 is 2.30. The molecule has 0 saturated heterocycles. The highest BCUT2D eigenvalue weighted by atomic mass is 15.2. The molecule has 1 aliphatic rings. The van der Waals surface area contributed by atoms with Crippen LogP contribution in [0.3, 0.4) is 0 Å². The summed E-state index contributed by atoms with van der Waals surface area (Å²) in [5.41, 5.74) is 9.76. The molecule has 20 heavy (non-hydrogen) atoms. The lowest BCUT2D eigenvalue weighted by Gasteiger charge is -2.30. The van der Waals surface area contributed by atoms with E-state index in [-0.39, 0.29) is 0 Å². The second-order valence-corrected chi connectivity index (χ2v) is 6.25. The molecule has 0 amide bonds. The Morgan fingerprint density at radius 2 is 2.00 bits per heavy atom. The van der Waals surface area contributed by atoms with Gasteiger partial charge in [-0.25, -0.2) is 4.98 Å². The highest BCUT2D eigenvalue weighted by Gasteiger charge is 2.25. The van der Waals surface area contributed by atoms with Crippen molar-refractivity contribution in [3.63, 3.8) is 0 Å². The lowest BCUT2D eigenvalue weighted by atomic mass is 9.83. The van der Waals surface area contributed by atoms with E-state index in [2.05, 4.69) is 41.6 Å². The first-order valence-corrected chi connectivity index (χ1v) is 7.93. The van der Waals surface area contributed by atoms with Crippen LogP contribution in [-0.4, -0.2) is 9.55 Å². The summed E-state index contributed by atoms with van der Waals surface area (Å²) in [6.45, 7) is 4.44. The molecule has 3 rings (SSSR count). The molecule has 0 radical (unpaired) electrons. The van der Waals surface area contributed by atoms with Gasteiger partial charge in [-0.3, -0.25) is 0 Å². The second kappa shape index (κ2) is 5.47. The quantitative estimate of drug-likeness (QED) is 0.895. The average molecular weight is 271 g/mol. The number of imidazole rings is 1. The summed E-state index contributed by atoms with van der Waals surface area (Å²) in [4.78, 5) is 4.55. The predicted octanol–water partition coefficient (Wildman–Crippen LogP) is 4.46. The van der Waals surface area contributed by atoms with Crippen LogP contribution in [0.2, 0.25) is 0 Å². The maximum atomic E-state index is 6.20. The van der Waals surface area contributed by atoms with Crippen LogP contribution in [0, 0.1) is 12.8 Å². The Bertz CT molecular complexity index is 592. The molecule has 2 aromatic rings. The van der Waals surface area contributed by atoms with E-state index in [1.807, 2.05) is 0 Å². The summed E-state index contributed by atoms with van der Waals surface area (Å²) in [7, 11) is 0. The van der Waals surface area contributed by atoms with E-state index in [1.54, 1.807) is 0 Å².